The fourth-order valence-electron chi connectivity index (χ4n) is 1.23. The van der Waals surface area contributed by atoms with E-state index >= 15 is 0 Å². The van der Waals surface area contributed by atoms with Gasteiger partial charge >= 0.3 is 0 Å². The van der Waals surface area contributed by atoms with E-state index in [0.717, 1.165) is 12.0 Å². The zero-order chi connectivity index (χ0) is 9.19. The molecule has 2 atom stereocenters. The van der Waals surface area contributed by atoms with Crippen LogP contribution in [0.1, 0.15) is 32.8 Å². The molecule has 1 N–H and O–H groups in total. The molecule has 0 fully saturated rings. The van der Waals surface area contributed by atoms with Crippen LogP contribution in [0.15, 0.2) is 23.0 Å². The third-order valence-electron chi connectivity index (χ3n) is 2.68. The zero-order valence-electron chi connectivity index (χ0n) is 7.87. The van der Waals surface area contributed by atoms with Crippen LogP contribution in [-0.2, 0) is 5.60 Å². The number of furan rings is 1. The third-order valence-corrected chi connectivity index (χ3v) is 2.68. The highest BCUT2D eigenvalue weighted by Gasteiger charge is 2.29. The standard InChI is InChI=1S/C10H16O2/c1-4-8(2)10(3,11)9-5-6-12-7-9/h5-8,11H,4H2,1-3H3. The van der Waals surface area contributed by atoms with E-state index in [0.29, 0.717) is 0 Å². The van der Waals surface area contributed by atoms with E-state index in [9.17, 15) is 5.11 Å². The van der Waals surface area contributed by atoms with Crippen LogP contribution < -0.4 is 0 Å². The summed E-state index contributed by atoms with van der Waals surface area (Å²) in [4.78, 5) is 0. The number of hydrogen-bond acceptors (Lipinski definition) is 2. The van der Waals surface area contributed by atoms with E-state index in [2.05, 4.69) is 6.92 Å². The highest BCUT2D eigenvalue weighted by Crippen LogP contribution is 2.31. The minimum atomic E-state index is -0.762. The predicted molar refractivity (Wildman–Crippen MR) is 47.7 cm³/mol. The molecule has 0 amide bonds. The normalized spacial score (nSPS) is 18.7. The van der Waals surface area contributed by atoms with Crippen LogP contribution >= 0.6 is 0 Å². The molecule has 0 saturated carbocycles. The molecule has 0 aliphatic carbocycles. The molecule has 0 aliphatic rings. The van der Waals surface area contributed by atoms with E-state index < -0.39 is 5.60 Å². The lowest BCUT2D eigenvalue weighted by atomic mass is 9.84. The van der Waals surface area contributed by atoms with Crippen molar-refractivity contribution in [3.05, 3.63) is 24.2 Å². The van der Waals surface area contributed by atoms with E-state index in [-0.39, 0.29) is 5.92 Å². The molecule has 0 radical (unpaired) electrons. The summed E-state index contributed by atoms with van der Waals surface area (Å²) in [5, 5.41) is 10.1. The SMILES string of the molecule is CCC(C)C(C)(O)c1ccoc1. The molecule has 1 rings (SSSR count). The lowest BCUT2D eigenvalue weighted by Crippen LogP contribution is -2.28. The molecule has 2 heteroatoms. The molecule has 0 bridgehead atoms. The second-order valence-corrected chi connectivity index (χ2v) is 3.47. The molecule has 0 aromatic carbocycles. The Morgan fingerprint density at radius 2 is 2.33 bits per heavy atom. The van der Waals surface area contributed by atoms with Gasteiger partial charge in [0.1, 0.15) is 0 Å². The first-order valence-corrected chi connectivity index (χ1v) is 4.34. The molecular weight excluding hydrogens is 152 g/mol. The average molecular weight is 168 g/mol. The summed E-state index contributed by atoms with van der Waals surface area (Å²) in [5.74, 6) is 0.245. The van der Waals surface area contributed by atoms with Crippen molar-refractivity contribution in [2.24, 2.45) is 5.92 Å². The fraction of sp³-hybridized carbons (Fsp3) is 0.600. The van der Waals surface area contributed by atoms with Gasteiger partial charge in [0.15, 0.2) is 0 Å². The molecule has 1 aromatic rings. The smallest absolute Gasteiger partial charge is 0.0963 e. The Morgan fingerprint density at radius 1 is 1.67 bits per heavy atom. The van der Waals surface area contributed by atoms with E-state index in [1.54, 1.807) is 12.5 Å². The summed E-state index contributed by atoms with van der Waals surface area (Å²) in [6.45, 7) is 5.93. The Labute approximate surface area is 73.2 Å². The summed E-state index contributed by atoms with van der Waals surface area (Å²) >= 11 is 0. The third kappa shape index (κ3) is 1.53. The highest BCUT2D eigenvalue weighted by molar-refractivity contribution is 5.15. The van der Waals surface area contributed by atoms with E-state index in [1.807, 2.05) is 19.9 Å². The maximum Gasteiger partial charge on any atom is 0.0963 e. The van der Waals surface area contributed by atoms with Crippen LogP contribution in [0.5, 0.6) is 0 Å². The van der Waals surface area contributed by atoms with Crippen molar-refractivity contribution in [2.75, 3.05) is 0 Å². The number of hydrogen-bond donors (Lipinski definition) is 1. The quantitative estimate of drug-likeness (QED) is 0.752. The van der Waals surface area contributed by atoms with Crippen molar-refractivity contribution in [1.29, 1.82) is 0 Å². The molecular formula is C10H16O2. The first kappa shape index (κ1) is 9.33. The minimum absolute atomic E-state index is 0.245. The maximum absolute atomic E-state index is 10.1. The second kappa shape index (κ2) is 3.31. The number of rotatable bonds is 3. The van der Waals surface area contributed by atoms with Gasteiger partial charge in [-0.25, -0.2) is 0 Å². The van der Waals surface area contributed by atoms with Crippen LogP contribution in [-0.4, -0.2) is 5.11 Å². The van der Waals surface area contributed by atoms with E-state index in [1.165, 1.54) is 0 Å². The van der Waals surface area contributed by atoms with Gasteiger partial charge in [0.2, 0.25) is 0 Å². The van der Waals surface area contributed by atoms with Crippen molar-refractivity contribution in [3.63, 3.8) is 0 Å². The Morgan fingerprint density at radius 3 is 2.75 bits per heavy atom. The molecule has 2 nitrogen and oxygen atoms in total. The molecule has 12 heavy (non-hydrogen) atoms. The van der Waals surface area contributed by atoms with Crippen molar-refractivity contribution in [1.82, 2.24) is 0 Å². The minimum Gasteiger partial charge on any atom is -0.472 e. The molecule has 68 valence electrons. The average Bonchev–Trinajstić information content (AvgIpc) is 2.55. The zero-order valence-corrected chi connectivity index (χ0v) is 7.87. The predicted octanol–water partition coefficient (Wildman–Crippen LogP) is 2.53. The summed E-state index contributed by atoms with van der Waals surface area (Å²) in [6, 6.07) is 1.81. The van der Waals surface area contributed by atoms with Gasteiger partial charge in [-0.2, -0.15) is 0 Å². The lowest BCUT2D eigenvalue weighted by molar-refractivity contribution is -0.000471. The van der Waals surface area contributed by atoms with Gasteiger partial charge in [0.05, 0.1) is 18.1 Å². The second-order valence-electron chi connectivity index (χ2n) is 3.47. The summed E-state index contributed by atoms with van der Waals surface area (Å²) in [5.41, 5.74) is 0.0960. The van der Waals surface area contributed by atoms with Gasteiger partial charge < -0.3 is 9.52 Å². The number of aliphatic hydroxyl groups is 1. The molecule has 2 unspecified atom stereocenters. The van der Waals surface area contributed by atoms with Gasteiger partial charge in [-0.15, -0.1) is 0 Å². The maximum atomic E-state index is 10.1. The van der Waals surface area contributed by atoms with Crippen LogP contribution in [0.2, 0.25) is 0 Å². The van der Waals surface area contributed by atoms with Gasteiger partial charge in [0.25, 0.3) is 0 Å². The van der Waals surface area contributed by atoms with Crippen molar-refractivity contribution < 1.29 is 9.52 Å². The lowest BCUT2D eigenvalue weighted by Gasteiger charge is -2.28. The molecule has 0 spiro atoms. The summed E-state index contributed by atoms with van der Waals surface area (Å²) in [7, 11) is 0. The van der Waals surface area contributed by atoms with Crippen LogP contribution in [0.3, 0.4) is 0 Å². The van der Waals surface area contributed by atoms with E-state index in [4.69, 9.17) is 4.42 Å². The topological polar surface area (TPSA) is 33.4 Å². The Balaban J connectivity index is 2.85. The monoisotopic (exact) mass is 168 g/mol. The first-order chi connectivity index (χ1) is 5.59. The molecule has 1 aromatic heterocycles. The van der Waals surface area contributed by atoms with Gasteiger partial charge in [-0.05, 0) is 18.9 Å². The molecule has 1 heterocycles. The largest absolute Gasteiger partial charge is 0.472 e. The van der Waals surface area contributed by atoms with Crippen molar-refractivity contribution in [2.45, 2.75) is 32.8 Å². The first-order valence-electron chi connectivity index (χ1n) is 4.34. The highest BCUT2D eigenvalue weighted by atomic mass is 16.3. The van der Waals surface area contributed by atoms with Gasteiger partial charge in [-0.3, -0.25) is 0 Å². The van der Waals surface area contributed by atoms with Crippen molar-refractivity contribution >= 4 is 0 Å². The molecule has 0 saturated heterocycles. The molecule has 0 aliphatic heterocycles. The Bertz CT molecular complexity index is 224. The van der Waals surface area contributed by atoms with Gasteiger partial charge in [0, 0.05) is 5.56 Å². The van der Waals surface area contributed by atoms with Gasteiger partial charge in [-0.1, -0.05) is 20.3 Å². The fourth-order valence-corrected chi connectivity index (χ4v) is 1.23. The van der Waals surface area contributed by atoms with Crippen LogP contribution in [0.4, 0.5) is 0 Å². The Kier molecular flexibility index (Phi) is 2.58. The summed E-state index contributed by atoms with van der Waals surface area (Å²) < 4.78 is 4.94. The van der Waals surface area contributed by atoms with Crippen LogP contribution in [0.25, 0.3) is 0 Å². The Hall–Kier alpha value is -0.760. The van der Waals surface area contributed by atoms with Crippen LogP contribution in [0, 0.1) is 5.92 Å². The summed E-state index contributed by atoms with van der Waals surface area (Å²) in [6.07, 6.45) is 4.15. The van der Waals surface area contributed by atoms with Crippen molar-refractivity contribution in [3.8, 4) is 0 Å².